The number of ketones is 2. The molecule has 8 fully saturated rings. The maximum absolute atomic E-state index is 14.7. The minimum Gasteiger partial charge on any atom is -0.459 e. The lowest BCUT2D eigenvalue weighted by molar-refractivity contribution is -0.318. The number of hydrogen-bond acceptors (Lipinski definition) is 38. The van der Waals surface area contributed by atoms with Gasteiger partial charge in [0.25, 0.3) is 0 Å². The second-order valence-corrected chi connectivity index (χ2v) is 40.7. The van der Waals surface area contributed by atoms with Gasteiger partial charge < -0.3 is 147 Å². The number of rotatable bonds is 21. The van der Waals surface area contributed by atoms with Crippen molar-refractivity contribution in [2.24, 2.45) is 58.8 Å². The lowest BCUT2D eigenvalue weighted by Gasteiger charge is -2.49. The van der Waals surface area contributed by atoms with Gasteiger partial charge in [0.1, 0.15) is 59.4 Å². The van der Waals surface area contributed by atoms with Gasteiger partial charge >= 0.3 is 35.8 Å². The van der Waals surface area contributed by atoms with Crippen molar-refractivity contribution in [1.82, 2.24) is 9.80 Å². The van der Waals surface area contributed by atoms with E-state index in [1.165, 1.54) is 48.5 Å². The van der Waals surface area contributed by atoms with Gasteiger partial charge in [0.05, 0.1) is 96.3 Å². The minimum absolute atomic E-state index is 0.0369. The van der Waals surface area contributed by atoms with Gasteiger partial charge in [0.2, 0.25) is 0 Å². The molecule has 0 amide bonds. The molecule has 38 nitrogen and oxygen atoms in total. The second kappa shape index (κ2) is 46.3. The third-order valence-corrected chi connectivity index (χ3v) is 28.2. The van der Waals surface area contributed by atoms with Crippen molar-refractivity contribution in [3.8, 4) is 0 Å². The quantitative estimate of drug-likeness (QED) is 0.0553. The molecule has 0 saturated carbocycles. The lowest BCUT2D eigenvalue weighted by Crippen LogP contribution is -2.62. The number of aliphatic hydroxyl groups is 8. The molecular weight excluding hydrogens is 1720 g/mol. The molecule has 8 aliphatic rings. The van der Waals surface area contributed by atoms with Crippen LogP contribution in [0.15, 0.2) is 0 Å². The van der Waals surface area contributed by atoms with Gasteiger partial charge in [-0.15, -0.1) is 0 Å². The fourth-order valence-corrected chi connectivity index (χ4v) is 21.3. The van der Waals surface area contributed by atoms with Gasteiger partial charge in [-0.2, -0.15) is 0 Å². The highest BCUT2D eigenvalue weighted by molar-refractivity contribution is 5.84. The highest BCUT2D eigenvalue weighted by Gasteiger charge is 2.61. The molecule has 0 aromatic rings. The number of esters is 6. The van der Waals surface area contributed by atoms with Crippen LogP contribution < -0.4 is 11.5 Å². The number of cyclic esters (lactones) is 2. The van der Waals surface area contributed by atoms with Crippen molar-refractivity contribution >= 4 is 47.4 Å². The third-order valence-electron chi connectivity index (χ3n) is 28.2. The zero-order valence-electron chi connectivity index (χ0n) is 83.0. The molecule has 0 bridgehead atoms. The number of carbonyl (C=O) groups is 8. The molecule has 0 radical (unpaired) electrons. The summed E-state index contributed by atoms with van der Waals surface area (Å²) in [6, 6.07) is -2.25. The summed E-state index contributed by atoms with van der Waals surface area (Å²) in [5.74, 6) is -13.2. The van der Waals surface area contributed by atoms with Crippen LogP contribution in [0.1, 0.15) is 251 Å². The van der Waals surface area contributed by atoms with E-state index in [0.717, 1.165) is 0 Å². The molecule has 0 unspecified atom stereocenters. The highest BCUT2D eigenvalue weighted by atomic mass is 16.7. The third kappa shape index (κ3) is 27.4. The van der Waals surface area contributed by atoms with Crippen LogP contribution in [-0.2, 0) is 124 Å². The summed E-state index contributed by atoms with van der Waals surface area (Å²) in [5.41, 5.74) is 1.70. The molecule has 0 aromatic heterocycles. The van der Waals surface area contributed by atoms with Crippen LogP contribution in [0, 0.1) is 47.3 Å². The molecule has 8 heterocycles. The van der Waals surface area contributed by atoms with Crippen molar-refractivity contribution in [2.75, 3.05) is 28.2 Å². The van der Waals surface area contributed by atoms with Crippen molar-refractivity contribution in [3.05, 3.63) is 0 Å². The maximum atomic E-state index is 14.7. The fraction of sp³-hybridized carbons (Fsp3) is 0.914. The topological polar surface area (TPSA) is 523 Å². The van der Waals surface area contributed by atoms with Crippen molar-refractivity contribution < 1.29 is 164 Å². The maximum Gasteiger partial charge on any atom is 0.311 e. The predicted octanol–water partition coefficient (Wildman–Crippen LogP) is 4.63. The molecule has 8 rings (SSSR count). The van der Waals surface area contributed by atoms with Gasteiger partial charge in [-0.25, -0.2) is 0 Å². The number of aliphatic hydroxyl groups excluding tert-OH is 4. The second-order valence-electron chi connectivity index (χ2n) is 40.7. The Balaban J connectivity index is 0.000000358. The van der Waals surface area contributed by atoms with Gasteiger partial charge in [-0.05, 0) is 164 Å². The van der Waals surface area contributed by atoms with Crippen LogP contribution >= 0.6 is 0 Å². The molecule has 0 spiro atoms. The summed E-state index contributed by atoms with van der Waals surface area (Å²) < 4.78 is 112. The van der Waals surface area contributed by atoms with Crippen LogP contribution in [-0.4, -0.2) is 344 Å². The molecule has 12 N–H and O–H groups in total. The number of nitrogens with zero attached hydrogens (tertiary/aromatic N) is 2. The summed E-state index contributed by atoms with van der Waals surface area (Å²) in [7, 11) is 7.31. The Labute approximate surface area is 773 Å². The predicted molar refractivity (Wildman–Crippen MR) is 469 cm³/mol. The van der Waals surface area contributed by atoms with E-state index in [1.54, 1.807) is 118 Å². The van der Waals surface area contributed by atoms with Crippen LogP contribution in [0.4, 0.5) is 0 Å². The average Bonchev–Trinajstić information content (AvgIpc) is 0.767. The lowest BCUT2D eigenvalue weighted by atomic mass is 9.74. The summed E-state index contributed by atoms with van der Waals surface area (Å²) in [5, 5.41) is 95.1. The first-order valence-corrected chi connectivity index (χ1v) is 47.0. The smallest absolute Gasteiger partial charge is 0.311 e. The van der Waals surface area contributed by atoms with Gasteiger partial charge in [-0.3, -0.25) is 38.4 Å². The van der Waals surface area contributed by atoms with Crippen LogP contribution in [0.5, 0.6) is 0 Å². The molecule has 8 aliphatic heterocycles. The average molecular weight is 1880 g/mol. The van der Waals surface area contributed by atoms with E-state index in [9.17, 15) is 79.2 Å². The van der Waals surface area contributed by atoms with Gasteiger partial charge in [0.15, 0.2) is 61.2 Å². The molecule has 758 valence electrons. The first-order chi connectivity index (χ1) is 60.4. The van der Waals surface area contributed by atoms with E-state index in [4.69, 9.17) is 96.7 Å². The van der Waals surface area contributed by atoms with E-state index in [2.05, 4.69) is 0 Å². The number of likely N-dealkylation sites (N-methyl/N-ethyl adjacent to an activating group) is 2. The van der Waals surface area contributed by atoms with E-state index in [0.29, 0.717) is 12.8 Å². The Hall–Kier alpha value is -4.80. The van der Waals surface area contributed by atoms with Crippen LogP contribution in [0.2, 0.25) is 0 Å². The van der Waals surface area contributed by atoms with Gasteiger partial charge in [-0.1, -0.05) is 62.3 Å². The monoisotopic (exact) mass is 1880 g/mol. The summed E-state index contributed by atoms with van der Waals surface area (Å²) >= 11 is 0. The van der Waals surface area contributed by atoms with Crippen LogP contribution in [0.3, 0.4) is 0 Å². The molecule has 38 heteroatoms. The van der Waals surface area contributed by atoms with Crippen molar-refractivity contribution in [2.45, 2.75) is 468 Å². The molecule has 0 aromatic carbocycles. The van der Waals surface area contributed by atoms with Crippen LogP contribution in [0.25, 0.3) is 0 Å². The molecule has 0 aliphatic carbocycles. The minimum atomic E-state index is -2.03. The number of hydrogen-bond donors (Lipinski definition) is 10. The Morgan fingerprint density at radius 3 is 1.03 bits per heavy atom. The number of Topliss-reactive ketones (excluding diaryl/α,β-unsaturated/α-hetero) is 2. The van der Waals surface area contributed by atoms with E-state index < -0.39 is 300 Å². The first-order valence-electron chi connectivity index (χ1n) is 47.0. The van der Waals surface area contributed by atoms with E-state index in [1.807, 2.05) is 51.8 Å². The molecule has 44 atom stereocenters. The Bertz CT molecular complexity index is 3720. The highest BCUT2D eigenvalue weighted by Crippen LogP contribution is 2.47. The molecular formula is C93H162N4O34. The normalized spacial score (nSPS) is 47.1. The Kier molecular flexibility index (Phi) is 40.0. The largest absolute Gasteiger partial charge is 0.459 e. The summed E-state index contributed by atoms with van der Waals surface area (Å²) in [6.45, 7) is 41.0. The number of ether oxygens (including phenoxy) is 18. The number of nitrogens with two attached hydrogens (primary N) is 2. The van der Waals surface area contributed by atoms with Crippen molar-refractivity contribution in [1.29, 1.82) is 0 Å². The Morgan fingerprint density at radius 2 is 0.733 bits per heavy atom. The number of carbonyl (C=O) groups excluding carboxylic acids is 8. The molecule has 8 saturated heterocycles. The Morgan fingerprint density at radius 1 is 0.405 bits per heavy atom. The van der Waals surface area contributed by atoms with E-state index in [-0.39, 0.29) is 70.0 Å². The summed E-state index contributed by atoms with van der Waals surface area (Å²) in [6.07, 6.45) is -27.3. The van der Waals surface area contributed by atoms with E-state index >= 15 is 0 Å². The zero-order chi connectivity index (χ0) is 99.2. The first kappa shape index (κ1) is 113. The zero-order valence-corrected chi connectivity index (χ0v) is 83.0. The summed E-state index contributed by atoms with van der Waals surface area (Å²) in [4.78, 5) is 112. The SMILES string of the molecule is CCC(=O)O[C@H]1[C@H](C)O[C@@H](O[C@H]2[C@H](C)[C@@H](O[C@@H]3O[C@H](C)C[C@H](N(C)C)[C@H]3O)[C@](C)(O)C[C@@H](C)C(=O)[C@H](C)[C@@H](O[C@H]3C[C@@H](N)[C@@H](O)[C@@H](C)O3)[C@](C)(O)[C@@H](CC)OC(=O)[C@@H]2C)C[C@@]1(C)OC(C)=O.CC[C@H]1OC(=O)[C@H](C)[C@@H](O[C@H]2C[C@@](C)(OC(C)=O)[C@@H](OC(C)=O)[C@H](C)O2)[C@H](C)[C@@H](O[C@@H]2O[C@H](C)C[C@H](N(C)C)[C@H]2O)[C@](C)(O)C[C@@H](C)C(=O)[C@H](C)[C@@H](O[C@H]2C[C@@H](N)[C@@H](O)[C@@H](C)O2)[C@]1(C)O. The van der Waals surface area contributed by atoms with Crippen molar-refractivity contribution in [3.63, 3.8) is 0 Å². The molecule has 131 heavy (non-hydrogen) atoms. The fourth-order valence-electron chi connectivity index (χ4n) is 21.3. The van der Waals surface area contributed by atoms with Gasteiger partial charge in [0, 0.05) is 113 Å². The standard InChI is InChI=1S/C47H82N2O17.C46H80N2O17/c1-16-32-47(13,57)41(64-34-19-30(48)37(53)27(8)59-34)24(5)36(52)22(3)20-45(11,56)40(65-44-38(54)31(49(14)15)18-23(4)58-44)25(6)39(26(7)43(55)61-32)63-35-21-46(12,66-29(10)50)42(28(9)60-35)62-33(51)17-2;1-16-32-46(13,56)40(63-33-18-30(47)36(52)26(7)58-33)23(4)35(51)21(2)19-44(11,55)39(64-43-37(53)31(48(14)15)17-22(3)57-43)24(5)38(25(6)42(54)61-32)62-34-20-45(12,65-29(10)50)41(27(8)59-34)60-28(9)49/h22-28,30-32,34-35,37-42,44,53-54,56-57H,16-21,48H2,1-15H3;21-27,30-34,36-41,43,52-53,55-56H,16-20,47H2,1-15H3/t22-,23-,24+,25+,26-,27-,28+,30-,31+,32-,34+,35+,37+,38-,39+,40-,41-,42+,44+,45-,46-,47-;21-,22-,23+,24+,25-,26-,27+,30-,31+,32-,33+,34+,36+,37-,38+,39-,40-,41+,43+,44-,45-,46-/m11/s1.